The minimum atomic E-state index is -2.36. The summed E-state index contributed by atoms with van der Waals surface area (Å²) in [7, 11) is -0.695. The second-order valence-corrected chi connectivity index (χ2v) is 18.9. The highest BCUT2D eigenvalue weighted by molar-refractivity contribution is 14.1. The van der Waals surface area contributed by atoms with Crippen LogP contribution < -0.4 is 14.8 Å². The number of hydrogen-bond acceptors (Lipinski definition) is 5. The van der Waals surface area contributed by atoms with Crippen LogP contribution in [0.4, 0.5) is 5.69 Å². The first-order valence-electron chi connectivity index (χ1n) is 15.5. The Balaban J connectivity index is 1.42. The first kappa shape index (κ1) is 31.3. The number of nitrogens with zero attached hydrogens (tertiary/aromatic N) is 2. The Hall–Kier alpha value is -2.73. The van der Waals surface area contributed by atoms with Crippen LogP contribution in [0.1, 0.15) is 37.3 Å². The molecule has 3 aliphatic rings. The molecule has 0 aromatic heterocycles. The molecule has 3 aromatic rings. The fourth-order valence-electron chi connectivity index (χ4n) is 8.09. The maximum Gasteiger partial charge on any atom is 0.264 e. The average molecular weight is 725 g/mol. The van der Waals surface area contributed by atoms with E-state index in [2.05, 4.69) is 66.9 Å². The number of hydrogen-bond donors (Lipinski definition) is 1. The molecule has 0 bridgehead atoms. The molecular weight excluding hydrogens is 683 g/mol. The van der Waals surface area contributed by atoms with Crippen LogP contribution in [0.2, 0.25) is 18.6 Å². The van der Waals surface area contributed by atoms with E-state index in [1.807, 2.05) is 58.3 Å². The number of benzene rings is 3. The molecule has 3 aliphatic heterocycles. The van der Waals surface area contributed by atoms with Gasteiger partial charge in [0.1, 0.15) is 5.75 Å². The molecule has 3 heterocycles. The van der Waals surface area contributed by atoms with Gasteiger partial charge in [-0.1, -0.05) is 67.7 Å². The third-order valence-electron chi connectivity index (χ3n) is 10.3. The number of methoxy groups -OCH3 is 1. The zero-order chi connectivity index (χ0) is 31.2. The molecule has 2 amide bonds. The average Bonchev–Trinajstić information content (AvgIpc) is 3.68. The molecule has 0 unspecified atom stereocenters. The molecule has 1 spiro atoms. The van der Waals surface area contributed by atoms with Crippen LogP contribution in [-0.2, 0) is 26.5 Å². The van der Waals surface area contributed by atoms with Crippen molar-refractivity contribution in [2.24, 2.45) is 5.92 Å². The lowest BCUT2D eigenvalue weighted by atomic mass is 9.82. The van der Waals surface area contributed by atoms with E-state index in [9.17, 15) is 14.7 Å². The zero-order valence-electron chi connectivity index (χ0n) is 25.8. The monoisotopic (exact) mass is 724 g/mol. The van der Waals surface area contributed by atoms with Gasteiger partial charge in [0.2, 0.25) is 5.91 Å². The first-order valence-corrected chi connectivity index (χ1v) is 19.7. The topological polar surface area (TPSA) is 79.3 Å². The Morgan fingerprint density at radius 3 is 2.57 bits per heavy atom. The van der Waals surface area contributed by atoms with E-state index in [1.54, 1.807) is 7.11 Å². The highest BCUT2D eigenvalue weighted by Crippen LogP contribution is 2.60. The number of para-hydroxylation sites is 1. The summed E-state index contributed by atoms with van der Waals surface area (Å²) in [5.74, 6) is 0.562. The minimum Gasteiger partial charge on any atom is -0.497 e. The predicted octanol–water partition coefficient (Wildman–Crippen LogP) is 5.44. The first-order chi connectivity index (χ1) is 21.1. The third-order valence-corrected chi connectivity index (χ3v) is 15.3. The van der Waals surface area contributed by atoms with Gasteiger partial charge in [-0.3, -0.25) is 9.59 Å². The molecule has 3 aromatic carbocycles. The van der Waals surface area contributed by atoms with E-state index in [0.717, 1.165) is 39.0 Å². The number of anilines is 1. The molecule has 2 fully saturated rings. The van der Waals surface area contributed by atoms with E-state index >= 15 is 0 Å². The van der Waals surface area contributed by atoms with E-state index in [0.29, 0.717) is 13.1 Å². The standard InChI is InChI=1S/C35H41IN2O5Si/c1-23-33(44(3,4)28-16-14-27(42-2)15-17-28)31(20-32(40)37-18-8-11-26(37)22-39)43-35(23)29-12-5-6-13-30(29)38(34(35)41)21-24-9-7-10-25(36)19-24/h5-7,9-10,12-17,19,23,26,31,33,39H,8,11,18,20-22H2,1-4H3/t23-,26+,31+,33-,35+/m1/s1. The van der Waals surface area contributed by atoms with Crippen LogP contribution >= 0.6 is 22.6 Å². The highest BCUT2D eigenvalue weighted by Gasteiger charge is 2.66. The zero-order valence-corrected chi connectivity index (χ0v) is 29.0. The van der Waals surface area contributed by atoms with Crippen molar-refractivity contribution in [2.45, 2.75) is 69.1 Å². The summed E-state index contributed by atoms with van der Waals surface area (Å²) in [4.78, 5) is 32.4. The number of amides is 2. The smallest absolute Gasteiger partial charge is 0.264 e. The lowest BCUT2D eigenvalue weighted by Gasteiger charge is -2.37. The van der Waals surface area contributed by atoms with Crippen molar-refractivity contribution in [2.75, 3.05) is 25.2 Å². The highest BCUT2D eigenvalue weighted by atomic mass is 127. The van der Waals surface area contributed by atoms with Crippen molar-refractivity contribution in [3.63, 3.8) is 0 Å². The van der Waals surface area contributed by atoms with Crippen LogP contribution in [0.15, 0.2) is 72.8 Å². The fourth-order valence-corrected chi connectivity index (χ4v) is 12.7. The second kappa shape index (κ2) is 12.2. The fraction of sp³-hybridized carbons (Fsp3) is 0.429. The number of carbonyl (C=O) groups is 2. The van der Waals surface area contributed by atoms with Crippen LogP contribution in [0.25, 0.3) is 0 Å². The second-order valence-electron chi connectivity index (χ2n) is 13.0. The van der Waals surface area contributed by atoms with Gasteiger partial charge >= 0.3 is 0 Å². The predicted molar refractivity (Wildman–Crippen MR) is 183 cm³/mol. The Kier molecular flexibility index (Phi) is 8.68. The molecule has 1 N–H and O–H groups in total. The molecule has 0 saturated carbocycles. The Morgan fingerprint density at radius 1 is 1.11 bits per heavy atom. The summed E-state index contributed by atoms with van der Waals surface area (Å²) < 4.78 is 13.7. The summed E-state index contributed by atoms with van der Waals surface area (Å²) in [6.07, 6.45) is 1.43. The van der Waals surface area contributed by atoms with Crippen LogP contribution in [-0.4, -0.2) is 62.3 Å². The number of aliphatic hydroxyl groups is 1. The summed E-state index contributed by atoms with van der Waals surface area (Å²) in [5, 5.41) is 11.2. The van der Waals surface area contributed by atoms with Gasteiger partial charge in [-0.25, -0.2) is 0 Å². The largest absolute Gasteiger partial charge is 0.497 e. The minimum absolute atomic E-state index is 0.00483. The quantitative estimate of drug-likeness (QED) is 0.248. The molecule has 0 aliphatic carbocycles. The summed E-state index contributed by atoms with van der Waals surface area (Å²) >= 11 is 2.30. The number of ether oxygens (including phenoxy) is 2. The van der Waals surface area contributed by atoms with Crippen molar-refractivity contribution >= 4 is 53.4 Å². The number of likely N-dealkylation sites (tertiary alicyclic amines) is 1. The lowest BCUT2D eigenvalue weighted by Crippen LogP contribution is -2.52. The molecule has 44 heavy (non-hydrogen) atoms. The Labute approximate surface area is 274 Å². The van der Waals surface area contributed by atoms with Crippen LogP contribution in [0.3, 0.4) is 0 Å². The summed E-state index contributed by atoms with van der Waals surface area (Å²) in [5.41, 5.74) is 1.61. The number of fused-ring (bicyclic) bond motifs is 2. The van der Waals surface area contributed by atoms with Crippen molar-refractivity contribution in [3.8, 4) is 5.75 Å². The van der Waals surface area contributed by atoms with Crippen molar-refractivity contribution in [1.82, 2.24) is 4.90 Å². The Morgan fingerprint density at radius 2 is 1.86 bits per heavy atom. The molecule has 6 rings (SSSR count). The number of carbonyl (C=O) groups excluding carboxylic acids is 2. The van der Waals surface area contributed by atoms with Crippen molar-refractivity contribution in [1.29, 1.82) is 0 Å². The van der Waals surface area contributed by atoms with Crippen molar-refractivity contribution < 1.29 is 24.2 Å². The van der Waals surface area contributed by atoms with Gasteiger partial charge in [-0.15, -0.1) is 0 Å². The SMILES string of the molecule is COc1ccc([Si](C)(C)[C@H]2[C@H](CC(=O)N3CCC[C@H]3CO)O[C@@]3(C(=O)N(Cc4cccc(I)c4)c4ccccc43)[C@@H]2C)cc1. The number of aliphatic hydroxyl groups excluding tert-OH is 1. The molecular formula is C35H41IN2O5Si. The van der Waals surface area contributed by atoms with E-state index in [4.69, 9.17) is 9.47 Å². The molecule has 0 radical (unpaired) electrons. The molecule has 9 heteroatoms. The third kappa shape index (κ3) is 5.19. The van der Waals surface area contributed by atoms with Gasteiger partial charge in [0, 0.05) is 21.6 Å². The maximum atomic E-state index is 14.8. The van der Waals surface area contributed by atoms with Crippen LogP contribution in [0, 0.1) is 9.49 Å². The van der Waals surface area contributed by atoms with Gasteiger partial charge in [-0.05, 0) is 76.9 Å². The summed E-state index contributed by atoms with van der Waals surface area (Å²) in [6, 6.07) is 24.3. The molecule has 5 atom stereocenters. The van der Waals surface area contributed by atoms with E-state index < -0.39 is 19.8 Å². The summed E-state index contributed by atoms with van der Waals surface area (Å²) in [6.45, 7) is 7.88. The van der Waals surface area contributed by atoms with Gasteiger partial charge in [-0.2, -0.15) is 0 Å². The maximum absolute atomic E-state index is 14.8. The van der Waals surface area contributed by atoms with Crippen LogP contribution in [0.5, 0.6) is 5.75 Å². The van der Waals surface area contributed by atoms with Crippen molar-refractivity contribution in [3.05, 3.63) is 87.5 Å². The Bertz CT molecular complexity index is 1550. The normalized spacial score (nSPS) is 26.5. The molecule has 2 saturated heterocycles. The lowest BCUT2D eigenvalue weighted by molar-refractivity contribution is -0.150. The van der Waals surface area contributed by atoms with Gasteiger partial charge in [0.15, 0.2) is 5.60 Å². The van der Waals surface area contributed by atoms with Gasteiger partial charge in [0.05, 0.1) is 52.6 Å². The number of halogens is 1. The number of rotatable bonds is 8. The van der Waals surface area contributed by atoms with E-state index in [1.165, 1.54) is 5.19 Å². The molecule has 7 nitrogen and oxygen atoms in total. The van der Waals surface area contributed by atoms with E-state index in [-0.39, 0.29) is 42.3 Å². The van der Waals surface area contributed by atoms with Gasteiger partial charge < -0.3 is 24.4 Å². The van der Waals surface area contributed by atoms with Gasteiger partial charge in [0.25, 0.3) is 5.91 Å². The molecule has 232 valence electrons.